The Hall–Kier alpha value is -3.05. The van der Waals surface area contributed by atoms with Crippen molar-refractivity contribution in [2.75, 3.05) is 29.9 Å². The van der Waals surface area contributed by atoms with Gasteiger partial charge in [-0.1, -0.05) is 36.4 Å². The molecule has 1 atom stereocenters. The predicted octanol–water partition coefficient (Wildman–Crippen LogP) is 5.41. The highest BCUT2D eigenvalue weighted by Gasteiger charge is 2.29. The van der Waals surface area contributed by atoms with Gasteiger partial charge < -0.3 is 20.0 Å². The van der Waals surface area contributed by atoms with Gasteiger partial charge in [-0.25, -0.2) is 0 Å². The molecular weight excluding hydrogens is 410 g/mol. The lowest BCUT2D eigenvalue weighted by molar-refractivity contribution is -0.117. The number of carbonyl (C=O) groups is 1. The van der Waals surface area contributed by atoms with Gasteiger partial charge in [-0.05, 0) is 74.5 Å². The molecule has 5 heteroatoms. The Balaban J connectivity index is 1.11. The summed E-state index contributed by atoms with van der Waals surface area (Å²) in [6.45, 7) is 3.02. The lowest BCUT2D eigenvalue weighted by atomic mass is 9.93. The van der Waals surface area contributed by atoms with Crippen LogP contribution in [-0.4, -0.2) is 31.6 Å². The van der Waals surface area contributed by atoms with Crippen molar-refractivity contribution >= 4 is 17.3 Å². The Morgan fingerprint density at radius 2 is 1.79 bits per heavy atom. The Morgan fingerprint density at radius 3 is 2.52 bits per heavy atom. The highest BCUT2D eigenvalue weighted by Crippen LogP contribution is 2.31. The van der Waals surface area contributed by atoms with Crippen molar-refractivity contribution in [1.82, 2.24) is 5.32 Å². The van der Waals surface area contributed by atoms with E-state index in [4.69, 9.17) is 4.42 Å². The monoisotopic (exact) mass is 443 g/mol. The van der Waals surface area contributed by atoms with Crippen LogP contribution in [0.5, 0.6) is 0 Å². The van der Waals surface area contributed by atoms with Gasteiger partial charge in [0.05, 0.1) is 6.26 Å². The minimum atomic E-state index is 0.165. The lowest BCUT2D eigenvalue weighted by Crippen LogP contribution is -2.43. The van der Waals surface area contributed by atoms with Crippen molar-refractivity contribution in [3.8, 4) is 0 Å². The molecule has 2 aromatic carbocycles. The first-order chi connectivity index (χ1) is 16.3. The van der Waals surface area contributed by atoms with Crippen molar-refractivity contribution in [2.45, 2.75) is 44.1 Å². The number of piperidine rings is 1. The largest absolute Gasteiger partial charge is 0.469 e. The first kappa shape index (κ1) is 21.8. The Bertz CT molecular complexity index is 1020. The molecule has 172 valence electrons. The van der Waals surface area contributed by atoms with Gasteiger partial charge in [-0.15, -0.1) is 0 Å². The molecule has 1 saturated heterocycles. The van der Waals surface area contributed by atoms with Crippen LogP contribution in [0.4, 0.5) is 11.4 Å². The highest BCUT2D eigenvalue weighted by molar-refractivity contribution is 5.94. The number of benzene rings is 2. The van der Waals surface area contributed by atoms with E-state index in [-0.39, 0.29) is 17.7 Å². The summed E-state index contributed by atoms with van der Waals surface area (Å²) >= 11 is 0. The second kappa shape index (κ2) is 10.3. The number of anilines is 2. The minimum absolute atomic E-state index is 0.165. The van der Waals surface area contributed by atoms with Crippen LogP contribution >= 0.6 is 0 Å². The summed E-state index contributed by atoms with van der Waals surface area (Å²) in [7, 11) is 0. The van der Waals surface area contributed by atoms with E-state index >= 15 is 0 Å². The first-order valence-corrected chi connectivity index (χ1v) is 12.2. The predicted molar refractivity (Wildman–Crippen MR) is 133 cm³/mol. The fraction of sp³-hybridized carbons (Fsp3) is 0.393. The molecule has 33 heavy (non-hydrogen) atoms. The van der Waals surface area contributed by atoms with Crippen LogP contribution in [0.2, 0.25) is 0 Å². The zero-order valence-corrected chi connectivity index (χ0v) is 19.1. The molecule has 1 saturated carbocycles. The van der Waals surface area contributed by atoms with Crippen LogP contribution in [0.25, 0.3) is 0 Å². The summed E-state index contributed by atoms with van der Waals surface area (Å²) in [4.78, 5) is 14.5. The van der Waals surface area contributed by atoms with Gasteiger partial charge in [0.1, 0.15) is 5.76 Å². The van der Waals surface area contributed by atoms with Gasteiger partial charge in [-0.3, -0.25) is 4.79 Å². The second-order valence-corrected chi connectivity index (χ2v) is 9.30. The number of furan rings is 1. The number of hydrogen-bond acceptors (Lipinski definition) is 4. The SMILES string of the molecule is O=C(Nc1cccc(N2CCC(NCC[C@H](c3ccccc3)c3ccco3)CC2)c1)C1CC1. The topological polar surface area (TPSA) is 57.5 Å². The molecule has 1 aromatic heterocycles. The molecule has 5 nitrogen and oxygen atoms in total. The minimum Gasteiger partial charge on any atom is -0.469 e. The summed E-state index contributed by atoms with van der Waals surface area (Å²) in [5.41, 5.74) is 3.41. The average molecular weight is 444 g/mol. The molecule has 0 spiro atoms. The molecule has 5 rings (SSSR count). The first-order valence-electron chi connectivity index (χ1n) is 12.2. The van der Waals surface area contributed by atoms with E-state index < -0.39 is 0 Å². The van der Waals surface area contributed by atoms with Gasteiger partial charge in [0, 0.05) is 42.3 Å². The third-order valence-corrected chi connectivity index (χ3v) is 6.88. The maximum Gasteiger partial charge on any atom is 0.227 e. The van der Waals surface area contributed by atoms with E-state index in [0.717, 1.165) is 63.2 Å². The zero-order chi connectivity index (χ0) is 22.5. The van der Waals surface area contributed by atoms with E-state index in [1.165, 1.54) is 11.3 Å². The smallest absolute Gasteiger partial charge is 0.227 e. The van der Waals surface area contributed by atoms with Gasteiger partial charge in [0.25, 0.3) is 0 Å². The number of rotatable bonds is 9. The van der Waals surface area contributed by atoms with Crippen LogP contribution < -0.4 is 15.5 Å². The Morgan fingerprint density at radius 1 is 0.970 bits per heavy atom. The van der Waals surface area contributed by atoms with Crippen molar-refractivity contribution in [3.05, 3.63) is 84.3 Å². The molecule has 2 N–H and O–H groups in total. The van der Waals surface area contributed by atoms with Crippen LogP contribution in [0, 0.1) is 5.92 Å². The Labute approximate surface area is 196 Å². The maximum absolute atomic E-state index is 12.1. The van der Waals surface area contributed by atoms with Gasteiger partial charge in [0.15, 0.2) is 0 Å². The number of amides is 1. The number of carbonyl (C=O) groups excluding carboxylic acids is 1. The van der Waals surface area contributed by atoms with Crippen molar-refractivity contribution in [2.24, 2.45) is 5.92 Å². The standard InChI is InChI=1S/C28H33N3O2/c32-28(22-11-12-22)30-24-8-4-9-25(20-24)31-17-14-23(15-18-31)29-16-13-26(27-10-5-19-33-27)21-6-2-1-3-7-21/h1-10,19-20,22-23,26,29H,11-18H2,(H,30,32)/t26-/m1/s1. The van der Waals surface area contributed by atoms with Crippen LogP contribution in [0.15, 0.2) is 77.4 Å². The molecule has 2 heterocycles. The van der Waals surface area contributed by atoms with E-state index in [1.54, 1.807) is 6.26 Å². The average Bonchev–Trinajstić information content (AvgIpc) is 3.58. The zero-order valence-electron chi connectivity index (χ0n) is 19.1. The van der Waals surface area contributed by atoms with E-state index in [1.807, 2.05) is 18.2 Å². The second-order valence-electron chi connectivity index (χ2n) is 9.30. The molecule has 2 fully saturated rings. The molecule has 1 amide bonds. The van der Waals surface area contributed by atoms with Crippen molar-refractivity contribution in [1.29, 1.82) is 0 Å². The highest BCUT2D eigenvalue weighted by atomic mass is 16.3. The van der Waals surface area contributed by atoms with Crippen LogP contribution in [0.3, 0.4) is 0 Å². The summed E-state index contributed by atoms with van der Waals surface area (Å²) in [5, 5.41) is 6.86. The summed E-state index contributed by atoms with van der Waals surface area (Å²) in [5.74, 6) is 1.71. The maximum atomic E-state index is 12.1. The molecule has 1 aliphatic carbocycles. The van der Waals surface area contributed by atoms with Gasteiger partial charge >= 0.3 is 0 Å². The van der Waals surface area contributed by atoms with E-state index in [9.17, 15) is 4.79 Å². The Kier molecular flexibility index (Phi) is 6.77. The number of hydrogen-bond donors (Lipinski definition) is 2. The molecule has 0 radical (unpaired) electrons. The van der Waals surface area contributed by atoms with Gasteiger partial charge in [0.2, 0.25) is 5.91 Å². The van der Waals surface area contributed by atoms with Gasteiger partial charge in [-0.2, -0.15) is 0 Å². The van der Waals surface area contributed by atoms with Crippen LogP contribution in [0.1, 0.15) is 49.3 Å². The summed E-state index contributed by atoms with van der Waals surface area (Å²) in [6, 6.07) is 23.5. The van der Waals surface area contributed by atoms with Crippen molar-refractivity contribution in [3.63, 3.8) is 0 Å². The normalized spacial score (nSPS) is 17.6. The molecule has 1 aliphatic heterocycles. The lowest BCUT2D eigenvalue weighted by Gasteiger charge is -2.34. The molecule has 0 unspecified atom stereocenters. The molecular formula is C28H33N3O2. The summed E-state index contributed by atoms with van der Waals surface area (Å²) < 4.78 is 5.75. The quantitative estimate of drug-likeness (QED) is 0.464. The number of nitrogens with one attached hydrogen (secondary N) is 2. The molecule has 3 aromatic rings. The van der Waals surface area contributed by atoms with Crippen LogP contribution in [-0.2, 0) is 4.79 Å². The van der Waals surface area contributed by atoms with E-state index in [2.05, 4.69) is 64.1 Å². The third kappa shape index (κ3) is 5.66. The third-order valence-electron chi connectivity index (χ3n) is 6.88. The number of nitrogens with zero attached hydrogens (tertiary/aromatic N) is 1. The summed E-state index contributed by atoms with van der Waals surface area (Å²) in [6.07, 6.45) is 7.07. The van der Waals surface area contributed by atoms with Crippen molar-refractivity contribution < 1.29 is 9.21 Å². The molecule has 0 bridgehead atoms. The molecule has 2 aliphatic rings. The fourth-order valence-electron chi connectivity index (χ4n) is 4.79. The fourth-order valence-corrected chi connectivity index (χ4v) is 4.79. The van der Waals surface area contributed by atoms with E-state index in [0.29, 0.717) is 6.04 Å².